The van der Waals surface area contributed by atoms with Crippen LogP contribution in [0.1, 0.15) is 98.3 Å². The summed E-state index contributed by atoms with van der Waals surface area (Å²) in [4.78, 5) is 24.2. The van der Waals surface area contributed by atoms with Gasteiger partial charge in [-0.3, -0.25) is 0 Å². The summed E-state index contributed by atoms with van der Waals surface area (Å²) in [6.45, 7) is 8.99. The zero-order chi connectivity index (χ0) is 19.6. The molecular formula is C21H41NO4. The molecule has 1 amide bonds. The number of hydrogen-bond acceptors (Lipinski definition) is 4. The van der Waals surface area contributed by atoms with Crippen molar-refractivity contribution < 1.29 is 19.1 Å². The van der Waals surface area contributed by atoms with Gasteiger partial charge in [0.05, 0.1) is 13.2 Å². The first-order valence-corrected chi connectivity index (χ1v) is 10.7. The SMILES string of the molecule is CCCCCCCCCCOC(=O)C(NC(=O)OCCCC)C(C)CC. The first-order chi connectivity index (χ1) is 12.6. The number of rotatable bonds is 16. The van der Waals surface area contributed by atoms with Gasteiger partial charge in [0, 0.05) is 0 Å². The van der Waals surface area contributed by atoms with Gasteiger partial charge in [-0.1, -0.05) is 85.5 Å². The van der Waals surface area contributed by atoms with E-state index >= 15 is 0 Å². The minimum Gasteiger partial charge on any atom is -0.464 e. The highest BCUT2D eigenvalue weighted by atomic mass is 16.6. The highest BCUT2D eigenvalue weighted by Gasteiger charge is 2.27. The molecule has 0 rings (SSSR count). The first kappa shape index (κ1) is 24.7. The second-order valence-corrected chi connectivity index (χ2v) is 7.14. The molecule has 0 heterocycles. The van der Waals surface area contributed by atoms with E-state index in [1.165, 1.54) is 38.5 Å². The maximum Gasteiger partial charge on any atom is 0.407 e. The lowest BCUT2D eigenvalue weighted by Crippen LogP contribution is -2.46. The van der Waals surface area contributed by atoms with Crippen molar-refractivity contribution in [1.29, 1.82) is 0 Å². The van der Waals surface area contributed by atoms with Gasteiger partial charge in [-0.05, 0) is 18.8 Å². The van der Waals surface area contributed by atoms with E-state index in [1.54, 1.807) is 0 Å². The van der Waals surface area contributed by atoms with Crippen LogP contribution in [0.3, 0.4) is 0 Å². The molecule has 0 aliphatic rings. The average Bonchev–Trinajstić information content (AvgIpc) is 2.64. The molecular weight excluding hydrogens is 330 g/mol. The van der Waals surface area contributed by atoms with Gasteiger partial charge in [-0.2, -0.15) is 0 Å². The molecule has 2 atom stereocenters. The van der Waals surface area contributed by atoms with Crippen molar-refractivity contribution in [2.75, 3.05) is 13.2 Å². The fourth-order valence-corrected chi connectivity index (χ4v) is 2.65. The van der Waals surface area contributed by atoms with Crippen LogP contribution in [0.25, 0.3) is 0 Å². The smallest absolute Gasteiger partial charge is 0.407 e. The van der Waals surface area contributed by atoms with Crippen LogP contribution < -0.4 is 5.32 Å². The molecule has 0 fully saturated rings. The van der Waals surface area contributed by atoms with Crippen LogP contribution in [0.5, 0.6) is 0 Å². The van der Waals surface area contributed by atoms with E-state index in [4.69, 9.17) is 9.47 Å². The molecule has 0 bridgehead atoms. The maximum absolute atomic E-state index is 12.3. The molecule has 0 saturated heterocycles. The summed E-state index contributed by atoms with van der Waals surface area (Å²) in [5.41, 5.74) is 0. The summed E-state index contributed by atoms with van der Waals surface area (Å²) in [6.07, 6.45) is 11.7. The minimum atomic E-state index is -0.636. The zero-order valence-corrected chi connectivity index (χ0v) is 17.5. The third kappa shape index (κ3) is 13.0. The van der Waals surface area contributed by atoms with Gasteiger partial charge < -0.3 is 14.8 Å². The van der Waals surface area contributed by atoms with Gasteiger partial charge in [-0.25, -0.2) is 9.59 Å². The molecule has 5 heteroatoms. The molecule has 5 nitrogen and oxygen atoms in total. The lowest BCUT2D eigenvalue weighted by atomic mass is 9.99. The van der Waals surface area contributed by atoms with Crippen molar-refractivity contribution in [2.24, 2.45) is 5.92 Å². The van der Waals surface area contributed by atoms with Crippen LogP contribution in [-0.4, -0.2) is 31.3 Å². The number of esters is 1. The Balaban J connectivity index is 4.02. The molecule has 0 aliphatic carbocycles. The molecule has 154 valence electrons. The number of amides is 1. The Labute approximate surface area is 160 Å². The number of carbonyl (C=O) groups excluding carboxylic acids is 2. The van der Waals surface area contributed by atoms with Gasteiger partial charge in [0.2, 0.25) is 0 Å². The monoisotopic (exact) mass is 371 g/mol. The van der Waals surface area contributed by atoms with Crippen LogP contribution in [-0.2, 0) is 14.3 Å². The Morgan fingerprint density at radius 1 is 0.769 bits per heavy atom. The Kier molecular flexibility index (Phi) is 16.3. The molecule has 0 aliphatic heterocycles. The first-order valence-electron chi connectivity index (χ1n) is 10.7. The minimum absolute atomic E-state index is 0.0137. The van der Waals surface area contributed by atoms with Crippen molar-refractivity contribution in [2.45, 2.75) is 104 Å². The Morgan fingerprint density at radius 2 is 1.31 bits per heavy atom. The van der Waals surface area contributed by atoms with Crippen molar-refractivity contribution in [1.82, 2.24) is 5.32 Å². The number of carbonyl (C=O) groups is 2. The van der Waals surface area contributed by atoms with Crippen molar-refractivity contribution >= 4 is 12.1 Å². The van der Waals surface area contributed by atoms with Crippen molar-refractivity contribution in [3.63, 3.8) is 0 Å². The fraction of sp³-hybridized carbons (Fsp3) is 0.905. The molecule has 0 aromatic rings. The van der Waals surface area contributed by atoms with E-state index in [0.29, 0.717) is 13.2 Å². The molecule has 0 aromatic carbocycles. The van der Waals surface area contributed by atoms with E-state index in [9.17, 15) is 9.59 Å². The van der Waals surface area contributed by atoms with Gasteiger partial charge in [0.25, 0.3) is 0 Å². The highest BCUT2D eigenvalue weighted by molar-refractivity contribution is 5.81. The van der Waals surface area contributed by atoms with E-state index < -0.39 is 12.1 Å². The molecule has 0 aromatic heterocycles. The Hall–Kier alpha value is -1.26. The lowest BCUT2D eigenvalue weighted by molar-refractivity contribution is -0.147. The van der Waals surface area contributed by atoms with E-state index in [1.807, 2.05) is 20.8 Å². The van der Waals surface area contributed by atoms with Crippen molar-refractivity contribution in [3.05, 3.63) is 0 Å². The Morgan fingerprint density at radius 3 is 1.88 bits per heavy atom. The van der Waals surface area contributed by atoms with Crippen molar-refractivity contribution in [3.8, 4) is 0 Å². The molecule has 0 radical (unpaired) electrons. The quantitative estimate of drug-likeness (QED) is 0.283. The maximum atomic E-state index is 12.3. The normalized spacial score (nSPS) is 13.1. The zero-order valence-electron chi connectivity index (χ0n) is 17.5. The number of ether oxygens (including phenoxy) is 2. The standard InChI is InChI=1S/C21H41NO4/c1-5-8-10-11-12-13-14-15-17-25-20(23)19(18(4)7-3)22-21(24)26-16-9-6-2/h18-19H,5-17H2,1-4H3,(H,22,24). The second kappa shape index (κ2) is 17.2. The molecule has 26 heavy (non-hydrogen) atoms. The van der Waals surface area contributed by atoms with Crippen LogP contribution in [0.2, 0.25) is 0 Å². The molecule has 0 spiro atoms. The number of nitrogens with one attached hydrogen (secondary N) is 1. The molecule has 1 N–H and O–H groups in total. The lowest BCUT2D eigenvalue weighted by Gasteiger charge is -2.22. The van der Waals surface area contributed by atoms with Gasteiger partial charge in [-0.15, -0.1) is 0 Å². The predicted octanol–water partition coefficient (Wildman–Crippen LogP) is 5.61. The molecule has 0 saturated carbocycles. The van der Waals surface area contributed by atoms with E-state index in [-0.39, 0.29) is 11.9 Å². The van der Waals surface area contributed by atoms with Crippen LogP contribution in [0.15, 0.2) is 0 Å². The Bertz CT molecular complexity index is 360. The number of alkyl carbamates (subject to hydrolysis) is 1. The van der Waals surface area contributed by atoms with Gasteiger partial charge in [0.1, 0.15) is 6.04 Å². The van der Waals surface area contributed by atoms with E-state index in [2.05, 4.69) is 12.2 Å². The number of hydrogen-bond donors (Lipinski definition) is 1. The fourth-order valence-electron chi connectivity index (χ4n) is 2.65. The summed E-state index contributed by atoms with van der Waals surface area (Å²) in [5, 5.41) is 2.67. The molecule has 2 unspecified atom stereocenters. The summed E-state index contributed by atoms with van der Waals surface area (Å²) in [6, 6.07) is -0.636. The van der Waals surface area contributed by atoms with E-state index in [0.717, 1.165) is 32.1 Å². The second-order valence-electron chi connectivity index (χ2n) is 7.14. The van der Waals surface area contributed by atoms with Gasteiger partial charge in [0.15, 0.2) is 0 Å². The topological polar surface area (TPSA) is 64.6 Å². The third-order valence-electron chi connectivity index (χ3n) is 4.71. The third-order valence-corrected chi connectivity index (χ3v) is 4.71. The summed E-state index contributed by atoms with van der Waals surface area (Å²) in [5.74, 6) is -0.338. The van der Waals surface area contributed by atoms with Crippen LogP contribution in [0, 0.1) is 5.92 Å². The summed E-state index contributed by atoms with van der Waals surface area (Å²) in [7, 11) is 0. The predicted molar refractivity (Wildman–Crippen MR) is 106 cm³/mol. The summed E-state index contributed by atoms with van der Waals surface area (Å²) < 4.78 is 10.5. The van der Waals surface area contributed by atoms with Crippen LogP contribution in [0.4, 0.5) is 4.79 Å². The average molecular weight is 372 g/mol. The summed E-state index contributed by atoms with van der Waals surface area (Å²) >= 11 is 0. The van der Waals surface area contributed by atoms with Crippen LogP contribution >= 0.6 is 0 Å². The highest BCUT2D eigenvalue weighted by Crippen LogP contribution is 2.12. The largest absolute Gasteiger partial charge is 0.464 e. The number of unbranched alkanes of at least 4 members (excludes halogenated alkanes) is 8. The van der Waals surface area contributed by atoms with Gasteiger partial charge >= 0.3 is 12.1 Å².